The average Bonchev–Trinajstić information content (AvgIpc) is 2.65. The lowest BCUT2D eigenvalue weighted by Crippen LogP contribution is -2.28. The number of anilines is 1. The zero-order valence-corrected chi connectivity index (χ0v) is 15.5. The van der Waals surface area contributed by atoms with Gasteiger partial charge in [-0.1, -0.05) is 32.0 Å². The Bertz CT molecular complexity index is 787. The van der Waals surface area contributed by atoms with Crippen molar-refractivity contribution >= 4 is 17.5 Å². The Hall–Kier alpha value is -3.02. The second-order valence-electron chi connectivity index (χ2n) is 6.14. The van der Waals surface area contributed by atoms with Crippen LogP contribution in [0.1, 0.15) is 34.6 Å². The fourth-order valence-corrected chi connectivity index (χ4v) is 2.44. The van der Waals surface area contributed by atoms with Crippen LogP contribution in [0.5, 0.6) is 11.5 Å². The Balaban J connectivity index is 2.27. The van der Waals surface area contributed by atoms with E-state index in [1.807, 2.05) is 13.8 Å². The number of ether oxygens (including phenoxy) is 2. The lowest BCUT2D eigenvalue weighted by molar-refractivity contribution is 0.0950. The Morgan fingerprint density at radius 2 is 1.62 bits per heavy atom. The van der Waals surface area contributed by atoms with Crippen LogP contribution in [0.15, 0.2) is 42.5 Å². The van der Waals surface area contributed by atoms with E-state index < -0.39 is 0 Å². The zero-order valence-electron chi connectivity index (χ0n) is 15.5. The summed E-state index contributed by atoms with van der Waals surface area (Å²) < 4.78 is 10.5. The number of amides is 2. The van der Waals surface area contributed by atoms with Crippen LogP contribution in [0.25, 0.3) is 0 Å². The van der Waals surface area contributed by atoms with Gasteiger partial charge in [-0.25, -0.2) is 0 Å². The quantitative estimate of drug-likeness (QED) is 0.798. The van der Waals surface area contributed by atoms with Gasteiger partial charge in [0.15, 0.2) is 11.5 Å². The summed E-state index contributed by atoms with van der Waals surface area (Å²) in [4.78, 5) is 25.1. The maximum atomic E-state index is 12.7. The first kappa shape index (κ1) is 19.3. The minimum atomic E-state index is -0.384. The Kier molecular flexibility index (Phi) is 6.60. The van der Waals surface area contributed by atoms with E-state index in [9.17, 15) is 9.59 Å². The minimum absolute atomic E-state index is 0.229. The molecule has 2 aromatic carbocycles. The third-order valence-corrected chi connectivity index (χ3v) is 3.74. The van der Waals surface area contributed by atoms with Crippen molar-refractivity contribution in [3.8, 4) is 11.5 Å². The number of carbonyl (C=O) groups excluding carboxylic acids is 2. The molecule has 0 aliphatic rings. The van der Waals surface area contributed by atoms with Crippen molar-refractivity contribution in [3.05, 3.63) is 53.6 Å². The summed E-state index contributed by atoms with van der Waals surface area (Å²) in [6.07, 6.45) is 0. The van der Waals surface area contributed by atoms with Crippen molar-refractivity contribution in [3.63, 3.8) is 0 Å². The maximum absolute atomic E-state index is 12.7. The number of methoxy groups -OCH3 is 2. The number of rotatable bonds is 7. The van der Waals surface area contributed by atoms with E-state index in [2.05, 4.69) is 10.6 Å². The Morgan fingerprint density at radius 3 is 2.27 bits per heavy atom. The highest BCUT2D eigenvalue weighted by molar-refractivity contribution is 6.10. The van der Waals surface area contributed by atoms with E-state index in [0.29, 0.717) is 40.8 Å². The molecule has 0 saturated carbocycles. The zero-order chi connectivity index (χ0) is 19.1. The predicted octanol–water partition coefficient (Wildman–Crippen LogP) is 3.34. The molecule has 138 valence electrons. The molecular weight excluding hydrogens is 332 g/mol. The van der Waals surface area contributed by atoms with E-state index in [0.717, 1.165) is 0 Å². The van der Waals surface area contributed by atoms with E-state index >= 15 is 0 Å². The van der Waals surface area contributed by atoms with Crippen molar-refractivity contribution in [1.29, 1.82) is 0 Å². The third kappa shape index (κ3) is 4.53. The SMILES string of the molecule is COc1cccc(C(=O)Nc2ccccc2C(=O)NCC(C)C)c1OC. The van der Waals surface area contributed by atoms with Gasteiger partial charge in [-0.15, -0.1) is 0 Å². The second-order valence-corrected chi connectivity index (χ2v) is 6.14. The monoisotopic (exact) mass is 356 g/mol. The van der Waals surface area contributed by atoms with Gasteiger partial charge >= 0.3 is 0 Å². The first-order valence-electron chi connectivity index (χ1n) is 8.37. The maximum Gasteiger partial charge on any atom is 0.259 e. The number of carbonyl (C=O) groups is 2. The first-order valence-corrected chi connectivity index (χ1v) is 8.37. The highest BCUT2D eigenvalue weighted by atomic mass is 16.5. The predicted molar refractivity (Wildman–Crippen MR) is 101 cm³/mol. The minimum Gasteiger partial charge on any atom is -0.493 e. The van der Waals surface area contributed by atoms with Crippen LogP contribution in [0.4, 0.5) is 5.69 Å². The topological polar surface area (TPSA) is 76.7 Å². The molecule has 0 heterocycles. The molecule has 0 radical (unpaired) electrons. The normalized spacial score (nSPS) is 10.3. The van der Waals surface area contributed by atoms with E-state index in [1.54, 1.807) is 42.5 Å². The molecule has 6 heteroatoms. The van der Waals surface area contributed by atoms with Gasteiger partial charge in [0.2, 0.25) is 0 Å². The largest absolute Gasteiger partial charge is 0.493 e. The molecular formula is C20H24N2O4. The molecule has 0 aliphatic heterocycles. The molecule has 0 saturated heterocycles. The number of hydrogen-bond acceptors (Lipinski definition) is 4. The van der Waals surface area contributed by atoms with Crippen LogP contribution in [0, 0.1) is 5.92 Å². The van der Waals surface area contributed by atoms with Crippen molar-refractivity contribution in [2.24, 2.45) is 5.92 Å². The molecule has 2 N–H and O–H groups in total. The van der Waals surface area contributed by atoms with Gasteiger partial charge in [-0.3, -0.25) is 9.59 Å². The van der Waals surface area contributed by atoms with Crippen LogP contribution in [-0.4, -0.2) is 32.6 Å². The molecule has 0 bridgehead atoms. The molecule has 2 rings (SSSR count). The summed E-state index contributed by atoms with van der Waals surface area (Å²) in [5, 5.41) is 5.64. The average molecular weight is 356 g/mol. The number of nitrogens with one attached hydrogen (secondary N) is 2. The van der Waals surface area contributed by atoms with E-state index in [4.69, 9.17) is 9.47 Å². The van der Waals surface area contributed by atoms with Crippen molar-refractivity contribution in [2.75, 3.05) is 26.1 Å². The van der Waals surface area contributed by atoms with Gasteiger partial charge in [-0.2, -0.15) is 0 Å². The second kappa shape index (κ2) is 8.89. The molecule has 6 nitrogen and oxygen atoms in total. The highest BCUT2D eigenvalue weighted by Gasteiger charge is 2.19. The summed E-state index contributed by atoms with van der Waals surface area (Å²) in [5.41, 5.74) is 1.16. The fraction of sp³-hybridized carbons (Fsp3) is 0.300. The van der Waals surface area contributed by atoms with Crippen LogP contribution in [0.2, 0.25) is 0 Å². The number of hydrogen-bond donors (Lipinski definition) is 2. The van der Waals surface area contributed by atoms with Crippen LogP contribution in [0.3, 0.4) is 0 Å². The van der Waals surface area contributed by atoms with Gasteiger partial charge in [0.05, 0.1) is 31.0 Å². The molecule has 0 atom stereocenters. The Morgan fingerprint density at radius 1 is 0.923 bits per heavy atom. The van der Waals surface area contributed by atoms with Crippen molar-refractivity contribution < 1.29 is 19.1 Å². The van der Waals surface area contributed by atoms with Crippen LogP contribution in [-0.2, 0) is 0 Å². The molecule has 0 spiro atoms. The lowest BCUT2D eigenvalue weighted by atomic mass is 10.1. The van der Waals surface area contributed by atoms with Crippen molar-refractivity contribution in [1.82, 2.24) is 5.32 Å². The highest BCUT2D eigenvalue weighted by Crippen LogP contribution is 2.31. The molecule has 0 aromatic heterocycles. The smallest absolute Gasteiger partial charge is 0.259 e. The van der Waals surface area contributed by atoms with Gasteiger partial charge in [0.1, 0.15) is 0 Å². The standard InChI is InChI=1S/C20H24N2O4/c1-13(2)12-21-19(23)14-8-5-6-10-16(14)22-20(24)15-9-7-11-17(25-3)18(15)26-4/h5-11,13H,12H2,1-4H3,(H,21,23)(H,22,24). The summed E-state index contributed by atoms with van der Waals surface area (Å²) in [6, 6.07) is 11.9. The number of para-hydroxylation sites is 2. The van der Waals surface area contributed by atoms with Gasteiger partial charge < -0.3 is 20.1 Å². The first-order chi connectivity index (χ1) is 12.5. The molecule has 0 aliphatic carbocycles. The van der Waals surface area contributed by atoms with Crippen LogP contribution < -0.4 is 20.1 Å². The Labute approximate surface area is 153 Å². The summed E-state index contributed by atoms with van der Waals surface area (Å²) in [6.45, 7) is 4.59. The van der Waals surface area contributed by atoms with Gasteiger partial charge in [0.25, 0.3) is 11.8 Å². The van der Waals surface area contributed by atoms with E-state index in [1.165, 1.54) is 14.2 Å². The van der Waals surface area contributed by atoms with Gasteiger partial charge in [-0.05, 0) is 30.2 Å². The molecule has 2 aromatic rings. The van der Waals surface area contributed by atoms with Crippen LogP contribution >= 0.6 is 0 Å². The third-order valence-electron chi connectivity index (χ3n) is 3.74. The lowest BCUT2D eigenvalue weighted by Gasteiger charge is -2.15. The summed E-state index contributed by atoms with van der Waals surface area (Å²) in [7, 11) is 2.98. The molecule has 26 heavy (non-hydrogen) atoms. The van der Waals surface area contributed by atoms with Gasteiger partial charge in [0, 0.05) is 6.54 Å². The van der Waals surface area contributed by atoms with E-state index in [-0.39, 0.29) is 11.8 Å². The summed E-state index contributed by atoms with van der Waals surface area (Å²) in [5.74, 6) is 0.524. The molecule has 0 unspecified atom stereocenters. The summed E-state index contributed by atoms with van der Waals surface area (Å²) >= 11 is 0. The fourth-order valence-electron chi connectivity index (χ4n) is 2.44. The number of benzene rings is 2. The molecule has 2 amide bonds. The molecule has 0 fully saturated rings. The van der Waals surface area contributed by atoms with Crippen molar-refractivity contribution in [2.45, 2.75) is 13.8 Å².